The highest BCUT2D eigenvalue weighted by Crippen LogP contribution is 2.18. The van der Waals surface area contributed by atoms with E-state index in [1.165, 1.54) is 12.4 Å². The molecule has 0 amide bonds. The van der Waals surface area contributed by atoms with Crippen molar-refractivity contribution in [3.63, 3.8) is 0 Å². The summed E-state index contributed by atoms with van der Waals surface area (Å²) < 4.78 is 30.5. The van der Waals surface area contributed by atoms with Gasteiger partial charge in [0, 0.05) is 16.9 Å². The Labute approximate surface area is 107 Å². The molecule has 1 heterocycles. The fourth-order valence-corrected chi connectivity index (χ4v) is 2.53. The standard InChI is InChI=1S/C10H9BrN2O3S/c1-8-12-6-7-13(8)17(14,15)16-10-4-2-9(11)3-5-10/h2-7H,1H3. The maximum atomic E-state index is 11.9. The molecule has 0 N–H and O–H groups in total. The fraction of sp³-hybridized carbons (Fsp3) is 0.100. The zero-order valence-electron chi connectivity index (χ0n) is 8.87. The average molecular weight is 317 g/mol. The third kappa shape index (κ3) is 2.67. The highest BCUT2D eigenvalue weighted by Gasteiger charge is 2.17. The number of halogens is 1. The molecule has 7 heteroatoms. The number of imidazole rings is 1. The molecule has 1 aromatic carbocycles. The first kappa shape index (κ1) is 12.1. The molecule has 0 fully saturated rings. The van der Waals surface area contributed by atoms with Crippen LogP contribution in [0.1, 0.15) is 5.82 Å². The zero-order chi connectivity index (χ0) is 12.5. The van der Waals surface area contributed by atoms with Gasteiger partial charge in [-0.1, -0.05) is 15.9 Å². The van der Waals surface area contributed by atoms with Crippen LogP contribution in [0.15, 0.2) is 41.1 Å². The molecule has 1 aromatic heterocycles. The van der Waals surface area contributed by atoms with Crippen molar-refractivity contribution >= 4 is 26.2 Å². The third-order valence-electron chi connectivity index (χ3n) is 2.04. The molecular weight excluding hydrogens is 308 g/mol. The van der Waals surface area contributed by atoms with E-state index in [0.29, 0.717) is 5.82 Å². The maximum Gasteiger partial charge on any atom is 0.414 e. The summed E-state index contributed by atoms with van der Waals surface area (Å²) >= 11 is 3.26. The van der Waals surface area contributed by atoms with Gasteiger partial charge in [0.05, 0.1) is 0 Å². The Morgan fingerprint density at radius 2 is 1.94 bits per heavy atom. The first-order chi connectivity index (χ1) is 7.99. The van der Waals surface area contributed by atoms with Gasteiger partial charge in [0.2, 0.25) is 0 Å². The molecule has 0 atom stereocenters. The fourth-order valence-electron chi connectivity index (χ4n) is 1.25. The molecule has 90 valence electrons. The summed E-state index contributed by atoms with van der Waals surface area (Å²) in [6, 6.07) is 6.53. The Morgan fingerprint density at radius 3 is 2.47 bits per heavy atom. The molecule has 0 aliphatic rings. The van der Waals surface area contributed by atoms with E-state index >= 15 is 0 Å². The summed E-state index contributed by atoms with van der Waals surface area (Å²) in [6.07, 6.45) is 2.74. The molecule has 17 heavy (non-hydrogen) atoms. The molecule has 0 radical (unpaired) electrons. The summed E-state index contributed by atoms with van der Waals surface area (Å²) in [5.74, 6) is 0.600. The lowest BCUT2D eigenvalue weighted by Crippen LogP contribution is -2.19. The largest absolute Gasteiger partial charge is 0.414 e. The minimum atomic E-state index is -3.87. The predicted molar refractivity (Wildman–Crippen MR) is 66.1 cm³/mol. The van der Waals surface area contributed by atoms with Gasteiger partial charge in [-0.3, -0.25) is 0 Å². The van der Waals surface area contributed by atoms with Crippen molar-refractivity contribution in [3.8, 4) is 5.75 Å². The highest BCUT2D eigenvalue weighted by molar-refractivity contribution is 9.10. The topological polar surface area (TPSA) is 61.2 Å². The number of rotatable bonds is 3. The van der Waals surface area contributed by atoms with Crippen LogP contribution in [0.25, 0.3) is 0 Å². The smallest absolute Gasteiger partial charge is 0.366 e. The Hall–Kier alpha value is -1.34. The Balaban J connectivity index is 2.30. The van der Waals surface area contributed by atoms with Crippen molar-refractivity contribution in [3.05, 3.63) is 47.0 Å². The van der Waals surface area contributed by atoms with E-state index in [0.717, 1.165) is 8.45 Å². The number of aryl methyl sites for hydroxylation is 1. The molecule has 0 aliphatic carbocycles. The third-order valence-corrected chi connectivity index (χ3v) is 3.84. The molecule has 0 saturated carbocycles. The lowest BCUT2D eigenvalue weighted by molar-refractivity contribution is 0.474. The van der Waals surface area contributed by atoms with E-state index in [1.54, 1.807) is 31.2 Å². The molecule has 2 aromatic rings. The molecule has 0 unspecified atom stereocenters. The second-order valence-corrected chi connectivity index (χ2v) is 5.60. The number of benzene rings is 1. The van der Waals surface area contributed by atoms with Crippen LogP contribution in [0.5, 0.6) is 5.75 Å². The van der Waals surface area contributed by atoms with Crippen LogP contribution in [-0.2, 0) is 10.3 Å². The van der Waals surface area contributed by atoms with Gasteiger partial charge >= 0.3 is 10.3 Å². The number of nitrogens with zero attached hydrogens (tertiary/aromatic N) is 2. The van der Waals surface area contributed by atoms with Gasteiger partial charge in [0.15, 0.2) is 0 Å². The van der Waals surface area contributed by atoms with Gasteiger partial charge in [-0.25, -0.2) is 4.98 Å². The van der Waals surface area contributed by atoms with Crippen molar-refractivity contribution in [2.75, 3.05) is 0 Å². The summed E-state index contributed by atoms with van der Waals surface area (Å²) in [6.45, 7) is 1.59. The van der Waals surface area contributed by atoms with Gasteiger partial charge in [-0.2, -0.15) is 12.4 Å². The second-order valence-electron chi connectivity index (χ2n) is 3.27. The first-order valence-electron chi connectivity index (χ1n) is 4.69. The van der Waals surface area contributed by atoms with Gasteiger partial charge in [-0.05, 0) is 31.2 Å². The molecule has 0 bridgehead atoms. The molecule has 0 aliphatic heterocycles. The van der Waals surface area contributed by atoms with Crippen LogP contribution in [0.2, 0.25) is 0 Å². The quantitative estimate of drug-likeness (QED) is 0.870. The summed E-state index contributed by atoms with van der Waals surface area (Å²) in [4.78, 5) is 3.83. The summed E-state index contributed by atoms with van der Waals surface area (Å²) in [5, 5.41) is 0. The number of aromatic nitrogens is 2. The van der Waals surface area contributed by atoms with Crippen molar-refractivity contribution in [2.45, 2.75) is 6.92 Å². The van der Waals surface area contributed by atoms with Crippen LogP contribution in [0, 0.1) is 6.92 Å². The minimum absolute atomic E-state index is 0.251. The lowest BCUT2D eigenvalue weighted by atomic mass is 10.3. The molecular formula is C10H9BrN2O3S. The number of hydrogen-bond acceptors (Lipinski definition) is 4. The van der Waals surface area contributed by atoms with Gasteiger partial charge in [-0.15, -0.1) is 0 Å². The van der Waals surface area contributed by atoms with E-state index in [9.17, 15) is 8.42 Å². The second kappa shape index (κ2) is 4.50. The summed E-state index contributed by atoms with van der Waals surface area (Å²) in [5.41, 5.74) is 0. The number of hydrogen-bond donors (Lipinski definition) is 0. The normalized spacial score (nSPS) is 11.4. The molecule has 0 saturated heterocycles. The van der Waals surface area contributed by atoms with E-state index < -0.39 is 10.3 Å². The molecule has 0 spiro atoms. The summed E-state index contributed by atoms with van der Waals surface area (Å²) in [7, 11) is -3.87. The van der Waals surface area contributed by atoms with Crippen LogP contribution in [0.3, 0.4) is 0 Å². The van der Waals surface area contributed by atoms with Crippen molar-refractivity contribution in [2.24, 2.45) is 0 Å². The molecule has 2 rings (SSSR count). The Kier molecular flexibility index (Phi) is 3.21. The van der Waals surface area contributed by atoms with Gasteiger partial charge < -0.3 is 4.18 Å². The molecule has 5 nitrogen and oxygen atoms in total. The van der Waals surface area contributed by atoms with Crippen molar-refractivity contribution in [1.82, 2.24) is 8.96 Å². The van der Waals surface area contributed by atoms with Crippen LogP contribution in [0.4, 0.5) is 0 Å². The zero-order valence-corrected chi connectivity index (χ0v) is 11.3. The lowest BCUT2D eigenvalue weighted by Gasteiger charge is -2.08. The van der Waals surface area contributed by atoms with E-state index in [4.69, 9.17) is 4.18 Å². The monoisotopic (exact) mass is 316 g/mol. The van der Waals surface area contributed by atoms with Crippen LogP contribution in [-0.4, -0.2) is 17.4 Å². The average Bonchev–Trinajstić information content (AvgIpc) is 2.68. The maximum absolute atomic E-state index is 11.9. The first-order valence-corrected chi connectivity index (χ1v) is 6.85. The van der Waals surface area contributed by atoms with Gasteiger partial charge in [0.1, 0.15) is 11.6 Å². The SMILES string of the molecule is Cc1nccn1S(=O)(=O)Oc1ccc(Br)cc1. The Morgan fingerprint density at radius 1 is 1.29 bits per heavy atom. The van der Waals surface area contributed by atoms with E-state index in [-0.39, 0.29) is 5.75 Å². The van der Waals surface area contributed by atoms with Crippen molar-refractivity contribution < 1.29 is 12.6 Å². The van der Waals surface area contributed by atoms with Gasteiger partial charge in [0.25, 0.3) is 0 Å². The Bertz CT molecular complexity index is 619. The van der Waals surface area contributed by atoms with Crippen molar-refractivity contribution in [1.29, 1.82) is 0 Å². The van der Waals surface area contributed by atoms with Crippen LogP contribution >= 0.6 is 15.9 Å². The predicted octanol–water partition coefficient (Wildman–Crippen LogP) is 2.13. The minimum Gasteiger partial charge on any atom is -0.366 e. The highest BCUT2D eigenvalue weighted by atomic mass is 79.9. The van der Waals surface area contributed by atoms with Crippen LogP contribution < -0.4 is 4.18 Å². The van der Waals surface area contributed by atoms with E-state index in [1.807, 2.05) is 0 Å². The van der Waals surface area contributed by atoms with E-state index in [2.05, 4.69) is 20.9 Å².